The topological polar surface area (TPSA) is 229 Å². The van der Waals surface area contributed by atoms with E-state index in [0.29, 0.717) is 0 Å². The number of aliphatic hydroxyl groups excluding tert-OH is 2. The molecule has 15 nitrogen and oxygen atoms in total. The maximum Gasteiger partial charge on any atom is 1.00 e. The van der Waals surface area contributed by atoms with Crippen molar-refractivity contribution in [3.63, 3.8) is 0 Å². The number of carbonyl (C=O) groups excluding carboxylic acids is 1. The summed E-state index contributed by atoms with van der Waals surface area (Å²) in [5.41, 5.74) is 0. The zero-order valence-corrected chi connectivity index (χ0v) is 23.8. The van der Waals surface area contributed by atoms with Crippen LogP contribution < -0.4 is 103 Å². The zero-order valence-electron chi connectivity index (χ0n) is 16.0. The van der Waals surface area contributed by atoms with Crippen LogP contribution in [0, 0.1) is 0 Å². The number of aliphatic imine (C=N–C) groups is 3. The molecule has 6 atom stereocenters. The predicted molar refractivity (Wildman–Crippen MR) is 78.0 cm³/mol. The number of hydrogen-bond acceptors (Lipinski definition) is 14. The van der Waals surface area contributed by atoms with Crippen LogP contribution >= 0.6 is 15.6 Å². The minimum Gasteiger partial charge on any atom is -0.790 e. The third-order valence-electron chi connectivity index (χ3n) is 3.67. The Balaban J connectivity index is 0.00000280. The van der Waals surface area contributed by atoms with E-state index >= 15 is 0 Å². The molecule has 2 N–H and O–H groups in total. The van der Waals surface area contributed by atoms with Crippen LogP contribution in [0.3, 0.4) is 0 Å². The number of phosphoric ester groups is 1. The molecule has 0 radical (unpaired) electrons. The molecule has 0 aromatic rings. The molecule has 1 fully saturated rings. The van der Waals surface area contributed by atoms with Gasteiger partial charge in [-0.1, -0.05) is 0 Å². The van der Waals surface area contributed by atoms with Gasteiger partial charge in [-0.2, -0.15) is 4.99 Å². The first-order valence-electron chi connectivity index (χ1n) is 7.15. The molecule has 0 saturated carbocycles. The van der Waals surface area contributed by atoms with Crippen LogP contribution in [0.4, 0.5) is 0 Å². The van der Waals surface area contributed by atoms with Gasteiger partial charge in [0, 0.05) is 0 Å². The molecule has 0 aliphatic carbocycles. The van der Waals surface area contributed by atoms with Crippen molar-refractivity contribution in [3.8, 4) is 0 Å². The largest absolute Gasteiger partial charge is 1.00 e. The normalized spacial score (nSPS) is 31.8. The summed E-state index contributed by atoms with van der Waals surface area (Å²) in [5.74, 6) is -0.528. The molecular weight excluding hydrogens is 483 g/mol. The fourth-order valence-corrected chi connectivity index (χ4v) is 4.03. The van der Waals surface area contributed by atoms with E-state index in [-0.39, 0.29) is 94.5 Å². The first-order valence-corrected chi connectivity index (χ1v) is 10.1. The summed E-state index contributed by atoms with van der Waals surface area (Å²) in [6.45, 7) is -0.962. The second kappa shape index (κ2) is 12.4. The van der Waals surface area contributed by atoms with Crippen LogP contribution in [0.25, 0.3) is 0 Å². The van der Waals surface area contributed by atoms with Crippen LogP contribution in [0.5, 0.6) is 0 Å². The van der Waals surface area contributed by atoms with Gasteiger partial charge in [0.05, 0.1) is 20.8 Å². The van der Waals surface area contributed by atoms with Crippen LogP contribution in [0.1, 0.15) is 0 Å². The maximum atomic E-state index is 11.6. The molecule has 0 aromatic carbocycles. The Morgan fingerprint density at radius 1 is 1.17 bits per heavy atom. The number of amides is 1. The van der Waals surface area contributed by atoms with Gasteiger partial charge in [-0.3, -0.25) is 23.6 Å². The average molecular weight is 494 g/mol. The summed E-state index contributed by atoms with van der Waals surface area (Å²) >= 11 is 0. The third-order valence-corrected chi connectivity index (χ3v) is 5.73. The number of aliphatic hydroxyl groups is 2. The summed E-state index contributed by atoms with van der Waals surface area (Å²) in [4.78, 5) is 55.9. The van der Waals surface area contributed by atoms with Crippen molar-refractivity contribution >= 4 is 40.1 Å². The maximum absolute atomic E-state index is 11.6. The van der Waals surface area contributed by atoms with E-state index in [9.17, 15) is 38.8 Å². The molecule has 3 heterocycles. The van der Waals surface area contributed by atoms with Gasteiger partial charge in [-0.05, 0) is 0 Å². The molecule has 30 heavy (non-hydrogen) atoms. The second-order valence-corrected chi connectivity index (χ2v) is 8.16. The van der Waals surface area contributed by atoms with Crippen molar-refractivity contribution in [1.29, 1.82) is 0 Å². The van der Waals surface area contributed by atoms with Crippen LogP contribution in [-0.2, 0) is 27.5 Å². The molecule has 150 valence electrons. The average Bonchev–Trinajstić information content (AvgIpc) is 3.07. The molecule has 3 aliphatic heterocycles. The number of rotatable bonds is 6. The molecule has 3 aliphatic rings. The summed E-state index contributed by atoms with van der Waals surface area (Å²) in [7, 11) is -11.4. The van der Waals surface area contributed by atoms with Crippen LogP contribution in [0.15, 0.2) is 15.0 Å². The standard InChI is InChI=1S/C10H14N4O11P2.3Na/c15-6-4(1-23-27(21,22)25-26(18,19)20)24-10(7(6)16)14-3-13-5-8(14)11-2-12-9(5)17;;;/h2-7,10,15-16H,1H2,(H,21,22)(H2,18,19,20);;;/q;3*+1/p-3/t4-,5?,6-,7-,10-;;;/m1.../s1. The molecule has 20 heteroatoms. The number of fused-ring (bicyclic) bond motifs is 1. The van der Waals surface area contributed by atoms with Gasteiger partial charge in [0.2, 0.25) is 0 Å². The van der Waals surface area contributed by atoms with Crippen LogP contribution in [0.2, 0.25) is 0 Å². The van der Waals surface area contributed by atoms with E-state index in [0.717, 1.165) is 17.6 Å². The Kier molecular flexibility index (Phi) is 13.0. The molecule has 3 rings (SSSR count). The Labute approximate surface area is 235 Å². The summed E-state index contributed by atoms with van der Waals surface area (Å²) < 4.78 is 34.4. The van der Waals surface area contributed by atoms with E-state index in [4.69, 9.17) is 4.74 Å². The van der Waals surface area contributed by atoms with Crippen molar-refractivity contribution in [2.45, 2.75) is 30.6 Å². The van der Waals surface area contributed by atoms with Crippen molar-refractivity contribution in [2.75, 3.05) is 6.61 Å². The van der Waals surface area contributed by atoms with Gasteiger partial charge < -0.3 is 38.7 Å². The Bertz CT molecular complexity index is 823. The number of carbonyl (C=O) groups is 1. The van der Waals surface area contributed by atoms with E-state index in [1.807, 2.05) is 0 Å². The SMILES string of the molecule is O=C1N=CN=C2C1N=CN2[C@@H]1O[C@H](COP(=O)([O-])OP(=O)([O-])[O-])[C@@H](O)[C@H]1O.[Na+].[Na+].[Na+]. The predicted octanol–water partition coefficient (Wildman–Crippen LogP) is -13.5. The van der Waals surface area contributed by atoms with Gasteiger partial charge in [0.1, 0.15) is 30.5 Å². The Hall–Kier alpha value is 1.62. The molecule has 1 amide bonds. The van der Waals surface area contributed by atoms with E-state index in [2.05, 4.69) is 23.8 Å². The zero-order chi connectivity index (χ0) is 20.0. The fourth-order valence-electron chi connectivity index (χ4n) is 2.54. The number of hydrogen-bond donors (Lipinski definition) is 2. The summed E-state index contributed by atoms with van der Waals surface area (Å²) in [6.07, 6.45) is -3.91. The first kappa shape index (κ1) is 31.6. The van der Waals surface area contributed by atoms with Gasteiger partial charge in [0.15, 0.2) is 12.3 Å². The number of amidine groups is 1. The number of phosphoric acid groups is 2. The molecule has 1 saturated heterocycles. The Morgan fingerprint density at radius 3 is 2.40 bits per heavy atom. The third kappa shape index (κ3) is 7.57. The van der Waals surface area contributed by atoms with Crippen molar-refractivity contribution < 1.29 is 141 Å². The minimum absolute atomic E-state index is 0. The monoisotopic (exact) mass is 494 g/mol. The van der Waals surface area contributed by atoms with E-state index < -0.39 is 58.7 Å². The van der Waals surface area contributed by atoms with Gasteiger partial charge in [0.25, 0.3) is 13.7 Å². The quantitative estimate of drug-likeness (QED) is 0.259. The summed E-state index contributed by atoms with van der Waals surface area (Å²) in [5, 5.41) is 20.1. The first-order chi connectivity index (χ1) is 12.5. The molecule has 2 unspecified atom stereocenters. The number of nitrogens with zero attached hydrogens (tertiary/aromatic N) is 4. The van der Waals surface area contributed by atoms with E-state index in [1.165, 1.54) is 0 Å². The molecular formula is C10H11N4Na3O11P2. The number of ether oxygens (including phenoxy) is 1. The van der Waals surface area contributed by atoms with Gasteiger partial charge >= 0.3 is 88.7 Å². The van der Waals surface area contributed by atoms with Crippen molar-refractivity contribution in [3.05, 3.63) is 0 Å². The molecule has 0 bridgehead atoms. The smallest absolute Gasteiger partial charge is 0.790 e. The van der Waals surface area contributed by atoms with Crippen LogP contribution in [-0.4, -0.2) is 76.7 Å². The van der Waals surface area contributed by atoms with Gasteiger partial charge in [-0.15, -0.1) is 0 Å². The molecule has 0 aromatic heterocycles. The van der Waals surface area contributed by atoms with Crippen molar-refractivity contribution in [2.24, 2.45) is 15.0 Å². The minimum atomic E-state index is -5.87. The molecule has 0 spiro atoms. The van der Waals surface area contributed by atoms with E-state index in [1.54, 1.807) is 0 Å². The van der Waals surface area contributed by atoms with Crippen molar-refractivity contribution in [1.82, 2.24) is 4.90 Å². The van der Waals surface area contributed by atoms with Gasteiger partial charge in [-0.25, -0.2) is 4.99 Å². The summed E-state index contributed by atoms with van der Waals surface area (Å²) in [6, 6.07) is -1.03. The fraction of sp³-hybridized carbons (Fsp3) is 0.600. The Morgan fingerprint density at radius 2 is 1.80 bits per heavy atom. The second-order valence-electron chi connectivity index (χ2n) is 5.46.